The lowest BCUT2D eigenvalue weighted by atomic mass is 10.1. The Balaban J connectivity index is 1.49. The third-order valence-corrected chi connectivity index (χ3v) is 5.41. The molecule has 0 atom stereocenters. The second-order valence-corrected chi connectivity index (χ2v) is 8.29. The number of esters is 1. The van der Waals surface area contributed by atoms with Gasteiger partial charge in [-0.3, -0.25) is 9.59 Å². The highest BCUT2D eigenvalue weighted by molar-refractivity contribution is 6.32. The number of carbonyl (C=O) groups excluding carboxylic acids is 3. The molecule has 1 N–H and O–H groups in total. The Bertz CT molecular complexity index is 1090. The number of aryl methyl sites for hydroxylation is 2. The molecular formula is C25H27ClN2O6. The van der Waals surface area contributed by atoms with E-state index in [9.17, 15) is 14.4 Å². The molecule has 9 heteroatoms. The van der Waals surface area contributed by atoms with Crippen LogP contribution in [0.2, 0.25) is 5.02 Å². The van der Waals surface area contributed by atoms with Gasteiger partial charge in [0.15, 0.2) is 18.1 Å². The van der Waals surface area contributed by atoms with Gasteiger partial charge in [0.05, 0.1) is 24.8 Å². The lowest BCUT2D eigenvalue weighted by Gasteiger charge is -2.18. The Morgan fingerprint density at radius 2 is 1.85 bits per heavy atom. The van der Waals surface area contributed by atoms with Crippen molar-refractivity contribution < 1.29 is 28.6 Å². The van der Waals surface area contributed by atoms with Crippen LogP contribution in [0.4, 0.5) is 5.69 Å². The Morgan fingerprint density at radius 1 is 1.15 bits per heavy atom. The molecule has 0 spiro atoms. The monoisotopic (exact) mass is 486 g/mol. The van der Waals surface area contributed by atoms with E-state index in [2.05, 4.69) is 5.32 Å². The number of fused-ring (bicyclic) bond motifs is 1. The molecule has 3 rings (SSSR count). The van der Waals surface area contributed by atoms with Crippen molar-refractivity contribution in [2.24, 2.45) is 0 Å². The zero-order chi connectivity index (χ0) is 24.7. The first-order chi connectivity index (χ1) is 16.2. The number of benzene rings is 2. The number of hydrogen-bond acceptors (Lipinski definition) is 6. The summed E-state index contributed by atoms with van der Waals surface area (Å²) in [7, 11) is 1.47. The van der Waals surface area contributed by atoms with Crippen molar-refractivity contribution in [2.45, 2.75) is 20.3 Å². The topological polar surface area (TPSA) is 94.2 Å². The Morgan fingerprint density at radius 3 is 2.59 bits per heavy atom. The van der Waals surface area contributed by atoms with E-state index in [-0.39, 0.29) is 12.5 Å². The number of nitrogens with one attached hydrogen (secondary N) is 1. The molecule has 0 fully saturated rings. The maximum absolute atomic E-state index is 12.3. The number of rotatable bonds is 7. The van der Waals surface area contributed by atoms with Crippen LogP contribution in [-0.4, -0.2) is 56.1 Å². The van der Waals surface area contributed by atoms with Gasteiger partial charge in [-0.05, 0) is 48.7 Å². The second kappa shape index (κ2) is 11.6. The van der Waals surface area contributed by atoms with E-state index >= 15 is 0 Å². The first kappa shape index (κ1) is 25.1. The highest BCUT2D eigenvalue weighted by atomic mass is 35.5. The molecule has 0 radical (unpaired) electrons. The molecule has 0 unspecified atom stereocenters. The normalized spacial score (nSPS) is 12.7. The standard InChI is InChI=1S/C25H27ClN2O6/c1-16-6-4-7-17(2)24(16)27-21(29)14-28(3)22(30)15-34-23(31)9-8-18-12-19(26)25-20(13-18)32-10-5-11-33-25/h4,6-9,12-13H,5,10-11,14-15H2,1-3H3,(H,27,29)/b9-8+. The lowest BCUT2D eigenvalue weighted by molar-refractivity contribution is -0.148. The number of ether oxygens (including phenoxy) is 3. The van der Waals surface area contributed by atoms with Crippen LogP contribution in [0.15, 0.2) is 36.4 Å². The number of para-hydroxylation sites is 1. The maximum atomic E-state index is 12.3. The SMILES string of the molecule is Cc1cccc(C)c1NC(=O)CN(C)C(=O)COC(=O)/C=C/c1cc(Cl)c2c(c1)OCCCO2. The van der Waals surface area contributed by atoms with Crippen LogP contribution < -0.4 is 14.8 Å². The number of hydrogen-bond donors (Lipinski definition) is 1. The van der Waals surface area contributed by atoms with Crippen molar-refractivity contribution in [3.63, 3.8) is 0 Å². The summed E-state index contributed by atoms with van der Waals surface area (Å²) in [5, 5.41) is 3.19. The molecule has 0 aromatic heterocycles. The minimum absolute atomic E-state index is 0.171. The van der Waals surface area contributed by atoms with E-state index in [1.807, 2.05) is 32.0 Å². The van der Waals surface area contributed by atoms with Gasteiger partial charge in [-0.2, -0.15) is 0 Å². The van der Waals surface area contributed by atoms with Crippen molar-refractivity contribution >= 4 is 41.1 Å². The van der Waals surface area contributed by atoms with Crippen LogP contribution in [0.25, 0.3) is 6.08 Å². The largest absolute Gasteiger partial charge is 0.489 e. The highest BCUT2D eigenvalue weighted by Gasteiger charge is 2.17. The van der Waals surface area contributed by atoms with Gasteiger partial charge in [-0.25, -0.2) is 4.79 Å². The molecule has 0 aliphatic carbocycles. The van der Waals surface area contributed by atoms with E-state index < -0.39 is 18.5 Å². The third kappa shape index (κ3) is 6.74. The molecule has 0 saturated heterocycles. The predicted octanol–water partition coefficient (Wildman–Crippen LogP) is 3.77. The molecule has 1 aliphatic rings. The summed E-state index contributed by atoms with van der Waals surface area (Å²) >= 11 is 6.24. The molecule has 8 nitrogen and oxygen atoms in total. The Labute approximate surface area is 203 Å². The minimum atomic E-state index is -0.704. The summed E-state index contributed by atoms with van der Waals surface area (Å²) < 4.78 is 16.2. The van der Waals surface area contributed by atoms with Gasteiger partial charge in [0, 0.05) is 25.2 Å². The molecule has 0 bridgehead atoms. The van der Waals surface area contributed by atoms with Gasteiger partial charge in [-0.1, -0.05) is 29.8 Å². The van der Waals surface area contributed by atoms with E-state index in [1.165, 1.54) is 24.1 Å². The predicted molar refractivity (Wildman–Crippen MR) is 129 cm³/mol. The number of carbonyl (C=O) groups is 3. The number of anilines is 1. The number of amides is 2. The van der Waals surface area contributed by atoms with Crippen molar-refractivity contribution in [1.29, 1.82) is 0 Å². The molecule has 1 aliphatic heterocycles. The first-order valence-electron chi connectivity index (χ1n) is 10.8. The van der Waals surface area contributed by atoms with Crippen LogP contribution in [-0.2, 0) is 19.1 Å². The molecular weight excluding hydrogens is 460 g/mol. The first-order valence-corrected chi connectivity index (χ1v) is 11.2. The van der Waals surface area contributed by atoms with Crippen LogP contribution in [0.1, 0.15) is 23.1 Å². The third-order valence-electron chi connectivity index (χ3n) is 5.13. The average molecular weight is 487 g/mol. The van der Waals surface area contributed by atoms with E-state index in [4.69, 9.17) is 25.8 Å². The molecule has 2 amide bonds. The quantitative estimate of drug-likeness (QED) is 0.473. The van der Waals surface area contributed by atoms with Crippen molar-refractivity contribution in [3.05, 3.63) is 58.1 Å². The average Bonchev–Trinajstić information content (AvgIpc) is 3.04. The summed E-state index contributed by atoms with van der Waals surface area (Å²) in [5.74, 6) is -0.559. The molecule has 180 valence electrons. The lowest BCUT2D eigenvalue weighted by Crippen LogP contribution is -2.37. The molecule has 1 heterocycles. The van der Waals surface area contributed by atoms with Gasteiger partial charge in [0.25, 0.3) is 5.91 Å². The van der Waals surface area contributed by atoms with E-state index in [0.29, 0.717) is 35.3 Å². The summed E-state index contributed by atoms with van der Waals surface area (Å²) in [6.45, 7) is 4.16. The van der Waals surface area contributed by atoms with Gasteiger partial charge < -0.3 is 24.4 Å². The molecule has 0 saturated carbocycles. The van der Waals surface area contributed by atoms with Gasteiger partial charge in [0.2, 0.25) is 5.91 Å². The van der Waals surface area contributed by atoms with E-state index in [0.717, 1.165) is 23.2 Å². The fourth-order valence-electron chi connectivity index (χ4n) is 3.30. The second-order valence-electron chi connectivity index (χ2n) is 7.89. The van der Waals surface area contributed by atoms with Gasteiger partial charge in [-0.15, -0.1) is 0 Å². The van der Waals surface area contributed by atoms with Crippen molar-refractivity contribution in [1.82, 2.24) is 4.90 Å². The van der Waals surface area contributed by atoms with Crippen molar-refractivity contribution in [3.8, 4) is 11.5 Å². The number of halogens is 1. The summed E-state index contributed by atoms with van der Waals surface area (Å²) in [6, 6.07) is 9.05. The van der Waals surface area contributed by atoms with Crippen molar-refractivity contribution in [2.75, 3.05) is 38.7 Å². The molecule has 2 aromatic rings. The summed E-state index contributed by atoms with van der Waals surface area (Å²) in [6.07, 6.45) is 3.45. The number of nitrogens with zero attached hydrogens (tertiary/aromatic N) is 1. The molecule has 2 aromatic carbocycles. The van der Waals surface area contributed by atoms with E-state index in [1.54, 1.807) is 12.1 Å². The highest BCUT2D eigenvalue weighted by Crippen LogP contribution is 2.38. The Kier molecular flexibility index (Phi) is 8.54. The maximum Gasteiger partial charge on any atom is 0.331 e. The number of likely N-dealkylation sites (N-methyl/N-ethyl adjacent to an activating group) is 1. The Hall–Kier alpha value is -3.52. The fraction of sp³-hybridized carbons (Fsp3) is 0.320. The fourth-order valence-corrected chi connectivity index (χ4v) is 3.57. The molecule has 34 heavy (non-hydrogen) atoms. The van der Waals surface area contributed by atoms with Crippen LogP contribution >= 0.6 is 11.6 Å². The zero-order valence-corrected chi connectivity index (χ0v) is 20.1. The summed E-state index contributed by atoms with van der Waals surface area (Å²) in [5.41, 5.74) is 3.20. The summed E-state index contributed by atoms with van der Waals surface area (Å²) in [4.78, 5) is 37.9. The zero-order valence-electron chi connectivity index (χ0n) is 19.4. The van der Waals surface area contributed by atoms with Crippen LogP contribution in [0.5, 0.6) is 11.5 Å². The minimum Gasteiger partial charge on any atom is -0.489 e. The smallest absolute Gasteiger partial charge is 0.331 e. The van der Waals surface area contributed by atoms with Crippen LogP contribution in [0.3, 0.4) is 0 Å². The van der Waals surface area contributed by atoms with Gasteiger partial charge >= 0.3 is 5.97 Å². The van der Waals surface area contributed by atoms with Gasteiger partial charge in [0.1, 0.15) is 0 Å². The van der Waals surface area contributed by atoms with Crippen LogP contribution in [0, 0.1) is 13.8 Å².